The summed E-state index contributed by atoms with van der Waals surface area (Å²) >= 11 is 0. The second kappa shape index (κ2) is 10.3. The van der Waals surface area contributed by atoms with E-state index in [0.717, 1.165) is 5.56 Å². The van der Waals surface area contributed by atoms with E-state index in [1.807, 2.05) is 69.3 Å². The molecule has 0 fully saturated rings. The van der Waals surface area contributed by atoms with Gasteiger partial charge in [-0.2, -0.15) is 0 Å². The van der Waals surface area contributed by atoms with E-state index in [1.54, 1.807) is 0 Å². The van der Waals surface area contributed by atoms with Crippen LogP contribution in [-0.2, 0) is 9.16 Å². The van der Waals surface area contributed by atoms with Gasteiger partial charge in [-0.15, -0.1) is 6.58 Å². The van der Waals surface area contributed by atoms with Crippen molar-refractivity contribution in [2.24, 2.45) is 5.92 Å². The molecule has 0 aromatic heterocycles. The molecule has 0 saturated heterocycles. The Hall–Kier alpha value is -1.85. The molecule has 0 heterocycles. The van der Waals surface area contributed by atoms with Crippen LogP contribution in [0.15, 0.2) is 49.1 Å². The third-order valence-corrected chi connectivity index (χ3v) is 9.69. The fraction of sp³-hybridized carbons (Fsp3) is 0.542. The van der Waals surface area contributed by atoms with Crippen LogP contribution in [0.5, 0.6) is 0 Å². The summed E-state index contributed by atoms with van der Waals surface area (Å²) in [4.78, 5) is 12.4. The van der Waals surface area contributed by atoms with Gasteiger partial charge in [0.2, 0.25) is 0 Å². The van der Waals surface area contributed by atoms with E-state index in [0.29, 0.717) is 6.61 Å². The van der Waals surface area contributed by atoms with Gasteiger partial charge in [0, 0.05) is 12.5 Å². The Morgan fingerprint density at radius 2 is 1.72 bits per heavy atom. The summed E-state index contributed by atoms with van der Waals surface area (Å²) in [5.74, 6) is -0.0726. The maximum Gasteiger partial charge on any atom is 0.408 e. The molecule has 0 unspecified atom stereocenters. The number of benzene rings is 1. The minimum Gasteiger partial charge on any atom is -0.444 e. The topological polar surface area (TPSA) is 47.6 Å². The number of carbonyl (C=O) groups is 1. The molecular weight excluding hydrogens is 378 g/mol. The third kappa shape index (κ3) is 9.00. The zero-order chi connectivity index (χ0) is 22.3. The van der Waals surface area contributed by atoms with Gasteiger partial charge < -0.3 is 14.5 Å². The lowest BCUT2D eigenvalue weighted by Crippen LogP contribution is -2.46. The summed E-state index contributed by atoms with van der Waals surface area (Å²) in [6.07, 6.45) is 5.40. The minimum atomic E-state index is -1.91. The number of ether oxygens (including phenoxy) is 1. The zero-order valence-electron chi connectivity index (χ0n) is 19.4. The van der Waals surface area contributed by atoms with Crippen LogP contribution in [-0.4, -0.2) is 32.7 Å². The molecule has 1 amide bonds. The van der Waals surface area contributed by atoms with Crippen molar-refractivity contribution >= 4 is 20.5 Å². The maximum atomic E-state index is 12.4. The highest BCUT2D eigenvalue weighted by Crippen LogP contribution is 2.37. The van der Waals surface area contributed by atoms with Crippen molar-refractivity contribution in [2.75, 3.05) is 6.61 Å². The monoisotopic (exact) mass is 417 g/mol. The highest BCUT2D eigenvalue weighted by Gasteiger charge is 2.38. The standard InChI is InChI=1S/C24H39NO3Si/c1-10-20(18-27-29(8,9)24(5,6)7)21(25-22(26)28-23(2,3)4)17-16-19-14-12-11-13-15-19/h10-17,20-21H,1,18H2,2-9H3,(H,25,26)/b17-16+/t20-,21+/m1/s1. The van der Waals surface area contributed by atoms with Gasteiger partial charge in [0.1, 0.15) is 5.60 Å². The third-order valence-electron chi connectivity index (χ3n) is 5.19. The molecule has 1 N–H and O–H groups in total. The Balaban J connectivity index is 3.01. The molecule has 0 spiro atoms. The van der Waals surface area contributed by atoms with Crippen molar-refractivity contribution in [1.82, 2.24) is 5.32 Å². The summed E-state index contributed by atoms with van der Waals surface area (Å²) in [6.45, 7) is 21.2. The van der Waals surface area contributed by atoms with Crippen molar-refractivity contribution < 1.29 is 14.0 Å². The van der Waals surface area contributed by atoms with Gasteiger partial charge in [-0.05, 0) is 44.5 Å². The Bertz CT molecular complexity index is 684. The number of hydrogen-bond acceptors (Lipinski definition) is 3. The summed E-state index contributed by atoms with van der Waals surface area (Å²) in [5.41, 5.74) is 0.510. The molecule has 162 valence electrons. The molecular formula is C24H39NO3Si. The van der Waals surface area contributed by atoms with Crippen LogP contribution in [0.1, 0.15) is 47.1 Å². The molecule has 1 rings (SSSR count). The summed E-state index contributed by atoms with van der Waals surface area (Å²) < 4.78 is 11.9. The first-order valence-electron chi connectivity index (χ1n) is 10.2. The highest BCUT2D eigenvalue weighted by atomic mass is 28.4. The van der Waals surface area contributed by atoms with Gasteiger partial charge in [0.25, 0.3) is 0 Å². The first-order valence-corrected chi connectivity index (χ1v) is 13.2. The smallest absolute Gasteiger partial charge is 0.408 e. The predicted molar refractivity (Wildman–Crippen MR) is 125 cm³/mol. The van der Waals surface area contributed by atoms with Crippen LogP contribution in [0.4, 0.5) is 4.79 Å². The number of hydrogen-bond donors (Lipinski definition) is 1. The van der Waals surface area contributed by atoms with Crippen molar-refractivity contribution in [3.05, 3.63) is 54.6 Å². The van der Waals surface area contributed by atoms with Crippen LogP contribution in [0, 0.1) is 5.92 Å². The Morgan fingerprint density at radius 1 is 1.14 bits per heavy atom. The van der Waals surface area contributed by atoms with E-state index < -0.39 is 20.0 Å². The molecule has 0 radical (unpaired) electrons. The van der Waals surface area contributed by atoms with Crippen molar-refractivity contribution in [3.63, 3.8) is 0 Å². The Kier molecular flexibility index (Phi) is 8.91. The van der Waals surface area contributed by atoms with Gasteiger partial charge in [-0.3, -0.25) is 0 Å². The van der Waals surface area contributed by atoms with E-state index in [2.05, 4.69) is 45.8 Å². The van der Waals surface area contributed by atoms with Crippen molar-refractivity contribution in [1.29, 1.82) is 0 Å². The zero-order valence-corrected chi connectivity index (χ0v) is 20.4. The Labute approximate surface area is 178 Å². The van der Waals surface area contributed by atoms with Crippen LogP contribution in [0.3, 0.4) is 0 Å². The lowest BCUT2D eigenvalue weighted by Gasteiger charge is -2.37. The fourth-order valence-corrected chi connectivity index (χ4v) is 3.40. The number of rotatable bonds is 8. The Morgan fingerprint density at radius 3 is 2.21 bits per heavy atom. The van der Waals surface area contributed by atoms with Crippen molar-refractivity contribution in [2.45, 2.75) is 71.3 Å². The molecule has 1 aromatic carbocycles. The number of carbonyl (C=O) groups excluding carboxylic acids is 1. The number of amides is 1. The number of nitrogens with one attached hydrogen (secondary N) is 1. The van der Waals surface area contributed by atoms with Gasteiger partial charge >= 0.3 is 6.09 Å². The second-order valence-electron chi connectivity index (χ2n) is 9.91. The van der Waals surface area contributed by atoms with E-state index in [4.69, 9.17) is 9.16 Å². The predicted octanol–water partition coefficient (Wildman–Crippen LogP) is 6.42. The molecule has 0 bridgehead atoms. The lowest BCUT2D eigenvalue weighted by atomic mass is 9.99. The van der Waals surface area contributed by atoms with E-state index >= 15 is 0 Å². The van der Waals surface area contributed by atoms with E-state index in [9.17, 15) is 4.79 Å². The molecule has 0 aliphatic heterocycles. The molecule has 2 atom stereocenters. The van der Waals surface area contributed by atoms with E-state index in [-0.39, 0.29) is 17.0 Å². The average molecular weight is 418 g/mol. The SMILES string of the molecule is C=C[C@H](CO[Si](C)(C)C(C)(C)C)[C@H](/C=C/c1ccccc1)NC(=O)OC(C)(C)C. The van der Waals surface area contributed by atoms with E-state index in [1.165, 1.54) is 0 Å². The first-order chi connectivity index (χ1) is 13.2. The molecule has 5 heteroatoms. The van der Waals surface area contributed by atoms with Crippen LogP contribution in [0.2, 0.25) is 18.1 Å². The molecule has 4 nitrogen and oxygen atoms in total. The van der Waals surface area contributed by atoms with Crippen LogP contribution < -0.4 is 5.32 Å². The summed E-state index contributed by atoms with van der Waals surface area (Å²) in [6, 6.07) is 9.72. The minimum absolute atomic E-state index is 0.0726. The summed E-state index contributed by atoms with van der Waals surface area (Å²) in [7, 11) is -1.91. The second-order valence-corrected chi connectivity index (χ2v) is 14.7. The highest BCUT2D eigenvalue weighted by molar-refractivity contribution is 6.74. The summed E-state index contributed by atoms with van der Waals surface area (Å²) in [5, 5.41) is 3.10. The van der Waals surface area contributed by atoms with Crippen LogP contribution >= 0.6 is 0 Å². The largest absolute Gasteiger partial charge is 0.444 e. The lowest BCUT2D eigenvalue weighted by molar-refractivity contribution is 0.0499. The molecule has 0 aliphatic carbocycles. The number of alkyl carbamates (subject to hydrolysis) is 1. The van der Waals surface area contributed by atoms with Gasteiger partial charge in [0.15, 0.2) is 8.32 Å². The molecule has 29 heavy (non-hydrogen) atoms. The fourth-order valence-electron chi connectivity index (χ4n) is 2.36. The van der Waals surface area contributed by atoms with Gasteiger partial charge in [0.05, 0.1) is 6.04 Å². The molecule has 0 saturated carbocycles. The average Bonchev–Trinajstić information content (AvgIpc) is 2.58. The maximum absolute atomic E-state index is 12.4. The van der Waals surface area contributed by atoms with Gasteiger partial charge in [-0.25, -0.2) is 4.79 Å². The molecule has 0 aliphatic rings. The van der Waals surface area contributed by atoms with Crippen LogP contribution in [0.25, 0.3) is 6.08 Å². The van der Waals surface area contributed by atoms with Crippen molar-refractivity contribution in [3.8, 4) is 0 Å². The first kappa shape index (κ1) is 25.2. The normalized spacial score (nSPS) is 15.0. The van der Waals surface area contributed by atoms with Gasteiger partial charge in [-0.1, -0.05) is 69.3 Å². The quantitative estimate of drug-likeness (QED) is 0.392. The molecule has 1 aromatic rings.